The first kappa shape index (κ1) is 22.2. The quantitative estimate of drug-likeness (QED) is 0.523. The van der Waals surface area contributed by atoms with E-state index in [1.54, 1.807) is 14.0 Å². The van der Waals surface area contributed by atoms with Crippen LogP contribution in [-0.2, 0) is 22.6 Å². The van der Waals surface area contributed by atoms with Gasteiger partial charge in [0.15, 0.2) is 0 Å². The van der Waals surface area contributed by atoms with Gasteiger partial charge in [-0.25, -0.2) is 4.79 Å². The van der Waals surface area contributed by atoms with Gasteiger partial charge in [0.05, 0.1) is 19.3 Å². The molecule has 0 radical (unpaired) electrons. The molecule has 1 amide bonds. The van der Waals surface area contributed by atoms with E-state index in [4.69, 9.17) is 9.47 Å². The minimum atomic E-state index is -0.349. The highest BCUT2D eigenvalue weighted by molar-refractivity contribution is 5.92. The highest BCUT2D eigenvalue weighted by Gasteiger charge is 2.19. The molecule has 0 unspecified atom stereocenters. The molecular formula is C25H28N2O4. The van der Waals surface area contributed by atoms with Crippen molar-refractivity contribution in [2.45, 2.75) is 33.4 Å². The summed E-state index contributed by atoms with van der Waals surface area (Å²) in [6, 6.07) is 19.3. The molecule has 0 fully saturated rings. The molecule has 0 bridgehead atoms. The van der Waals surface area contributed by atoms with Gasteiger partial charge in [-0.2, -0.15) is 0 Å². The molecule has 2 aromatic carbocycles. The summed E-state index contributed by atoms with van der Waals surface area (Å²) in [5.74, 6) is 0.347. The number of carbonyl (C=O) groups is 2. The van der Waals surface area contributed by atoms with Gasteiger partial charge in [0.25, 0.3) is 0 Å². The van der Waals surface area contributed by atoms with Gasteiger partial charge in [-0.1, -0.05) is 42.5 Å². The summed E-state index contributed by atoms with van der Waals surface area (Å²) < 4.78 is 12.4. The highest BCUT2D eigenvalue weighted by atomic mass is 16.5. The molecule has 0 atom stereocenters. The molecule has 3 aromatic rings. The van der Waals surface area contributed by atoms with Crippen LogP contribution < -0.4 is 10.1 Å². The minimum absolute atomic E-state index is 0.0624. The Morgan fingerprint density at radius 2 is 1.81 bits per heavy atom. The number of hydrogen-bond donors (Lipinski definition) is 1. The summed E-state index contributed by atoms with van der Waals surface area (Å²) in [7, 11) is 1.62. The number of nitrogens with zero attached hydrogens (tertiary/aromatic N) is 1. The Morgan fingerprint density at radius 3 is 2.52 bits per heavy atom. The van der Waals surface area contributed by atoms with Gasteiger partial charge in [-0.15, -0.1) is 0 Å². The number of esters is 1. The smallest absolute Gasteiger partial charge is 0.339 e. The van der Waals surface area contributed by atoms with E-state index in [2.05, 4.69) is 5.32 Å². The fourth-order valence-corrected chi connectivity index (χ4v) is 3.48. The SMILES string of the molecule is CCOC(=O)c1cc(-c2ccccc2)n(CCC(=O)NCc2cccc(OC)c2)c1C. The molecule has 31 heavy (non-hydrogen) atoms. The first-order chi connectivity index (χ1) is 15.0. The van der Waals surface area contributed by atoms with E-state index < -0.39 is 0 Å². The van der Waals surface area contributed by atoms with Crippen molar-refractivity contribution in [2.75, 3.05) is 13.7 Å². The van der Waals surface area contributed by atoms with Crippen LogP contribution in [0.25, 0.3) is 11.3 Å². The number of aromatic nitrogens is 1. The van der Waals surface area contributed by atoms with Crippen molar-refractivity contribution in [3.05, 3.63) is 77.5 Å². The molecule has 0 aliphatic rings. The van der Waals surface area contributed by atoms with Crippen LogP contribution in [0, 0.1) is 6.92 Å². The molecule has 0 saturated carbocycles. The molecule has 3 rings (SSSR count). The van der Waals surface area contributed by atoms with E-state index in [1.807, 2.05) is 72.2 Å². The average Bonchev–Trinajstić information content (AvgIpc) is 3.13. The van der Waals surface area contributed by atoms with Gasteiger partial charge in [-0.3, -0.25) is 4.79 Å². The number of ether oxygens (including phenoxy) is 2. The third-order valence-corrected chi connectivity index (χ3v) is 5.12. The van der Waals surface area contributed by atoms with Gasteiger partial charge in [-0.05, 0) is 43.2 Å². The van der Waals surface area contributed by atoms with Crippen LogP contribution in [0.2, 0.25) is 0 Å². The second-order valence-corrected chi connectivity index (χ2v) is 7.15. The molecular weight excluding hydrogens is 392 g/mol. The summed E-state index contributed by atoms with van der Waals surface area (Å²) in [5.41, 5.74) is 4.16. The van der Waals surface area contributed by atoms with Crippen LogP contribution in [0.5, 0.6) is 5.75 Å². The molecule has 6 nitrogen and oxygen atoms in total. The maximum atomic E-state index is 12.5. The summed E-state index contributed by atoms with van der Waals surface area (Å²) in [4.78, 5) is 24.9. The van der Waals surface area contributed by atoms with Gasteiger partial charge < -0.3 is 19.4 Å². The first-order valence-corrected chi connectivity index (χ1v) is 10.4. The monoisotopic (exact) mass is 420 g/mol. The normalized spacial score (nSPS) is 10.5. The zero-order valence-corrected chi connectivity index (χ0v) is 18.2. The lowest BCUT2D eigenvalue weighted by Crippen LogP contribution is -2.24. The van der Waals surface area contributed by atoms with Crippen LogP contribution in [0.1, 0.15) is 35.0 Å². The van der Waals surface area contributed by atoms with Crippen molar-refractivity contribution >= 4 is 11.9 Å². The Labute approximate surface area is 182 Å². The number of hydrogen-bond acceptors (Lipinski definition) is 4. The Balaban J connectivity index is 1.73. The highest BCUT2D eigenvalue weighted by Crippen LogP contribution is 2.27. The number of carbonyl (C=O) groups excluding carboxylic acids is 2. The van der Waals surface area contributed by atoms with Crippen LogP contribution in [0.4, 0.5) is 0 Å². The van der Waals surface area contributed by atoms with Crippen LogP contribution in [0.15, 0.2) is 60.7 Å². The summed E-state index contributed by atoms with van der Waals surface area (Å²) in [6.07, 6.45) is 0.293. The maximum absolute atomic E-state index is 12.5. The van der Waals surface area contributed by atoms with Crippen molar-refractivity contribution in [3.63, 3.8) is 0 Å². The van der Waals surface area contributed by atoms with Crippen molar-refractivity contribution in [3.8, 4) is 17.0 Å². The van der Waals surface area contributed by atoms with Crippen molar-refractivity contribution in [2.24, 2.45) is 0 Å². The first-order valence-electron chi connectivity index (χ1n) is 10.4. The Bertz CT molecular complexity index is 1040. The van der Waals surface area contributed by atoms with E-state index in [1.165, 1.54) is 0 Å². The third-order valence-electron chi connectivity index (χ3n) is 5.12. The van der Waals surface area contributed by atoms with E-state index >= 15 is 0 Å². The number of rotatable bonds is 9. The van der Waals surface area contributed by atoms with E-state index in [0.717, 1.165) is 28.3 Å². The van der Waals surface area contributed by atoms with Crippen LogP contribution in [-0.4, -0.2) is 30.2 Å². The second kappa shape index (κ2) is 10.5. The molecule has 0 spiro atoms. The fourth-order valence-electron chi connectivity index (χ4n) is 3.48. The lowest BCUT2D eigenvalue weighted by atomic mass is 10.1. The average molecular weight is 421 g/mol. The molecule has 1 heterocycles. The lowest BCUT2D eigenvalue weighted by molar-refractivity contribution is -0.121. The fraction of sp³-hybridized carbons (Fsp3) is 0.280. The standard InChI is InChI=1S/C25H28N2O4/c1-4-31-25(29)22-16-23(20-10-6-5-7-11-20)27(18(22)2)14-13-24(28)26-17-19-9-8-12-21(15-19)30-3/h5-12,15-16H,4,13-14,17H2,1-3H3,(H,26,28). The van der Waals surface area contributed by atoms with E-state index in [-0.39, 0.29) is 11.9 Å². The minimum Gasteiger partial charge on any atom is -0.497 e. The largest absolute Gasteiger partial charge is 0.497 e. The van der Waals surface area contributed by atoms with Crippen molar-refractivity contribution in [1.82, 2.24) is 9.88 Å². The van der Waals surface area contributed by atoms with Gasteiger partial charge in [0, 0.05) is 30.9 Å². The summed E-state index contributed by atoms with van der Waals surface area (Å²) in [6.45, 7) is 4.87. The zero-order chi connectivity index (χ0) is 22.2. The molecule has 1 aromatic heterocycles. The van der Waals surface area contributed by atoms with Gasteiger partial charge in [0.1, 0.15) is 5.75 Å². The van der Waals surface area contributed by atoms with Crippen molar-refractivity contribution in [1.29, 1.82) is 0 Å². The molecule has 1 N–H and O–H groups in total. The molecule has 162 valence electrons. The van der Waals surface area contributed by atoms with E-state index in [0.29, 0.717) is 31.7 Å². The predicted octanol–water partition coefficient (Wildman–Crippen LogP) is 4.36. The van der Waals surface area contributed by atoms with Gasteiger partial charge >= 0.3 is 5.97 Å². The third kappa shape index (κ3) is 5.54. The Kier molecular flexibility index (Phi) is 7.49. The maximum Gasteiger partial charge on any atom is 0.339 e. The number of nitrogens with one attached hydrogen (secondary N) is 1. The number of methoxy groups -OCH3 is 1. The zero-order valence-electron chi connectivity index (χ0n) is 18.2. The topological polar surface area (TPSA) is 69.6 Å². The second-order valence-electron chi connectivity index (χ2n) is 7.15. The summed E-state index contributed by atoms with van der Waals surface area (Å²) in [5, 5.41) is 2.95. The Morgan fingerprint density at radius 1 is 1.03 bits per heavy atom. The number of benzene rings is 2. The molecule has 0 aliphatic carbocycles. The molecule has 0 aliphatic heterocycles. The van der Waals surface area contributed by atoms with Gasteiger partial charge in [0.2, 0.25) is 5.91 Å². The molecule has 6 heteroatoms. The van der Waals surface area contributed by atoms with E-state index in [9.17, 15) is 9.59 Å². The molecule has 0 saturated heterocycles. The van der Waals surface area contributed by atoms with Crippen molar-refractivity contribution < 1.29 is 19.1 Å². The Hall–Kier alpha value is -3.54. The predicted molar refractivity (Wildman–Crippen MR) is 120 cm³/mol. The summed E-state index contributed by atoms with van der Waals surface area (Å²) >= 11 is 0. The number of amides is 1. The van der Waals surface area contributed by atoms with Crippen LogP contribution >= 0.6 is 0 Å². The van der Waals surface area contributed by atoms with Crippen LogP contribution in [0.3, 0.4) is 0 Å². The lowest BCUT2D eigenvalue weighted by Gasteiger charge is -2.13.